The number of methoxy groups -OCH3 is 1. The Hall–Kier alpha value is -2.14. The lowest BCUT2D eigenvalue weighted by Crippen LogP contribution is -2.13. The maximum atomic E-state index is 12.1. The molecular weight excluding hydrogens is 278 g/mol. The summed E-state index contributed by atoms with van der Waals surface area (Å²) in [5.74, 6) is 0.235. The molecule has 0 atom stereocenters. The van der Waals surface area contributed by atoms with E-state index in [1.54, 1.807) is 18.2 Å². The average molecular weight is 292 g/mol. The lowest BCUT2D eigenvalue weighted by molar-refractivity contribution is 0.102. The first kappa shape index (κ1) is 14.3. The van der Waals surface area contributed by atoms with Crippen molar-refractivity contribution in [1.82, 2.24) is 9.97 Å². The number of carbonyl (C=O) groups is 1. The molecule has 0 aliphatic heterocycles. The van der Waals surface area contributed by atoms with Crippen LogP contribution < -0.4 is 10.1 Å². The molecule has 0 unspecified atom stereocenters. The number of nitrogens with zero attached hydrogens (tertiary/aromatic N) is 2. The molecule has 104 valence electrons. The van der Waals surface area contributed by atoms with Gasteiger partial charge in [-0.15, -0.1) is 0 Å². The van der Waals surface area contributed by atoms with Crippen LogP contribution in [0.1, 0.15) is 23.0 Å². The third kappa shape index (κ3) is 3.45. The second kappa shape index (κ2) is 6.34. The number of hydrogen-bond donors (Lipinski definition) is 1. The summed E-state index contributed by atoms with van der Waals surface area (Å²) in [7, 11) is 1.53. The van der Waals surface area contributed by atoms with Gasteiger partial charge in [0.05, 0.1) is 19.0 Å². The van der Waals surface area contributed by atoms with Crippen molar-refractivity contribution >= 4 is 23.2 Å². The Balaban J connectivity index is 2.16. The smallest absolute Gasteiger partial charge is 0.255 e. The van der Waals surface area contributed by atoms with Crippen molar-refractivity contribution in [3.05, 3.63) is 46.9 Å². The first-order valence-electron chi connectivity index (χ1n) is 6.10. The van der Waals surface area contributed by atoms with Gasteiger partial charge in [0.1, 0.15) is 5.15 Å². The van der Waals surface area contributed by atoms with Crippen LogP contribution in [0.3, 0.4) is 0 Å². The number of carbonyl (C=O) groups excluding carboxylic acids is 1. The first-order valence-corrected chi connectivity index (χ1v) is 6.48. The van der Waals surface area contributed by atoms with Gasteiger partial charge in [-0.05, 0) is 24.6 Å². The predicted molar refractivity (Wildman–Crippen MR) is 77.4 cm³/mol. The zero-order valence-corrected chi connectivity index (χ0v) is 11.9. The Labute approximate surface area is 122 Å². The summed E-state index contributed by atoms with van der Waals surface area (Å²) < 4.78 is 4.96. The van der Waals surface area contributed by atoms with Crippen molar-refractivity contribution in [2.75, 3.05) is 12.4 Å². The van der Waals surface area contributed by atoms with E-state index in [1.165, 1.54) is 19.4 Å². The quantitative estimate of drug-likeness (QED) is 0.880. The maximum Gasteiger partial charge on any atom is 0.255 e. The van der Waals surface area contributed by atoms with Gasteiger partial charge in [0, 0.05) is 17.3 Å². The summed E-state index contributed by atoms with van der Waals surface area (Å²) in [6, 6.07) is 6.64. The molecule has 2 rings (SSSR count). The van der Waals surface area contributed by atoms with Crippen molar-refractivity contribution in [3.63, 3.8) is 0 Å². The molecule has 5 nitrogen and oxygen atoms in total. The second-order valence-corrected chi connectivity index (χ2v) is 4.45. The van der Waals surface area contributed by atoms with Crippen LogP contribution in [0.15, 0.2) is 30.5 Å². The highest BCUT2D eigenvalue weighted by molar-refractivity contribution is 6.29. The van der Waals surface area contributed by atoms with Gasteiger partial charge in [0.25, 0.3) is 5.91 Å². The minimum Gasteiger partial charge on any atom is -0.481 e. The normalized spacial score (nSPS) is 10.2. The van der Waals surface area contributed by atoms with Gasteiger partial charge in [-0.1, -0.05) is 18.5 Å². The molecule has 1 amide bonds. The van der Waals surface area contributed by atoms with Gasteiger partial charge >= 0.3 is 0 Å². The largest absolute Gasteiger partial charge is 0.481 e. The third-order valence-corrected chi connectivity index (χ3v) is 2.87. The monoisotopic (exact) mass is 291 g/mol. The fourth-order valence-corrected chi connectivity index (χ4v) is 1.87. The number of anilines is 1. The number of nitrogens with one attached hydrogen (secondary N) is 1. The highest BCUT2D eigenvalue weighted by Crippen LogP contribution is 2.15. The van der Waals surface area contributed by atoms with E-state index < -0.39 is 0 Å². The standard InChI is InChI=1S/C14H14ClN3O2/c1-3-10-6-9(7-12(15)17-10)14(19)18-11-4-5-13(20-2)16-8-11/h4-8H,3H2,1-2H3,(H,18,19). The van der Waals surface area contributed by atoms with E-state index in [0.717, 1.165) is 5.69 Å². The summed E-state index contributed by atoms with van der Waals surface area (Å²) in [4.78, 5) is 20.3. The van der Waals surface area contributed by atoms with Gasteiger partial charge in [0.2, 0.25) is 5.88 Å². The molecule has 20 heavy (non-hydrogen) atoms. The van der Waals surface area contributed by atoms with Gasteiger partial charge in [-0.3, -0.25) is 4.79 Å². The predicted octanol–water partition coefficient (Wildman–Crippen LogP) is 2.95. The van der Waals surface area contributed by atoms with Crippen molar-refractivity contribution in [1.29, 1.82) is 0 Å². The molecule has 0 spiro atoms. The fourth-order valence-electron chi connectivity index (χ4n) is 1.64. The molecule has 2 aromatic rings. The number of amides is 1. The average Bonchev–Trinajstić information content (AvgIpc) is 2.47. The van der Waals surface area contributed by atoms with Gasteiger partial charge in [-0.25, -0.2) is 9.97 Å². The van der Waals surface area contributed by atoms with Gasteiger partial charge in [-0.2, -0.15) is 0 Å². The number of halogens is 1. The van der Waals surface area contributed by atoms with E-state index in [9.17, 15) is 4.79 Å². The highest BCUT2D eigenvalue weighted by Gasteiger charge is 2.09. The third-order valence-electron chi connectivity index (χ3n) is 2.67. The van der Waals surface area contributed by atoms with E-state index in [2.05, 4.69) is 15.3 Å². The summed E-state index contributed by atoms with van der Waals surface area (Å²) in [6.45, 7) is 1.95. The van der Waals surface area contributed by atoms with E-state index >= 15 is 0 Å². The molecule has 0 radical (unpaired) electrons. The maximum absolute atomic E-state index is 12.1. The Bertz CT molecular complexity index is 614. The number of hydrogen-bond acceptors (Lipinski definition) is 4. The van der Waals surface area contributed by atoms with Gasteiger partial charge < -0.3 is 10.1 Å². The van der Waals surface area contributed by atoms with Crippen LogP contribution in [0.5, 0.6) is 5.88 Å². The SMILES string of the molecule is CCc1cc(C(=O)Nc2ccc(OC)nc2)cc(Cl)n1. The van der Waals surface area contributed by atoms with Crippen molar-refractivity contribution < 1.29 is 9.53 Å². The van der Waals surface area contributed by atoms with Crippen LogP contribution in [-0.4, -0.2) is 23.0 Å². The van der Waals surface area contributed by atoms with Gasteiger partial charge in [0.15, 0.2) is 0 Å². The Morgan fingerprint density at radius 3 is 2.80 bits per heavy atom. The molecule has 0 aromatic carbocycles. The summed E-state index contributed by atoms with van der Waals surface area (Å²) in [5.41, 5.74) is 1.83. The molecule has 0 fully saturated rings. The zero-order valence-electron chi connectivity index (χ0n) is 11.2. The Morgan fingerprint density at radius 1 is 1.40 bits per heavy atom. The Kier molecular flexibility index (Phi) is 4.53. The summed E-state index contributed by atoms with van der Waals surface area (Å²) in [6.07, 6.45) is 2.24. The number of rotatable bonds is 4. The van der Waals surface area contributed by atoms with Crippen LogP contribution >= 0.6 is 11.6 Å². The lowest BCUT2D eigenvalue weighted by atomic mass is 10.2. The van der Waals surface area contributed by atoms with Crippen LogP contribution in [0.2, 0.25) is 5.15 Å². The number of aromatic nitrogens is 2. The first-order chi connectivity index (χ1) is 9.62. The Morgan fingerprint density at radius 2 is 2.20 bits per heavy atom. The van der Waals surface area contributed by atoms with Crippen molar-refractivity contribution in [2.24, 2.45) is 0 Å². The van der Waals surface area contributed by atoms with Crippen LogP contribution in [-0.2, 0) is 6.42 Å². The van der Waals surface area contributed by atoms with E-state index in [4.69, 9.17) is 16.3 Å². The molecular formula is C14H14ClN3O2. The number of ether oxygens (including phenoxy) is 1. The number of aryl methyl sites for hydroxylation is 1. The topological polar surface area (TPSA) is 64.1 Å². The van der Waals surface area contributed by atoms with Crippen LogP contribution in [0.25, 0.3) is 0 Å². The van der Waals surface area contributed by atoms with Crippen molar-refractivity contribution in [3.8, 4) is 5.88 Å². The zero-order chi connectivity index (χ0) is 14.5. The molecule has 1 N–H and O–H groups in total. The second-order valence-electron chi connectivity index (χ2n) is 4.07. The summed E-state index contributed by atoms with van der Waals surface area (Å²) in [5, 5.41) is 3.05. The number of pyridine rings is 2. The minimum atomic E-state index is -0.254. The molecule has 2 aromatic heterocycles. The lowest BCUT2D eigenvalue weighted by Gasteiger charge is -2.07. The fraction of sp³-hybridized carbons (Fsp3) is 0.214. The molecule has 0 aliphatic carbocycles. The summed E-state index contributed by atoms with van der Waals surface area (Å²) >= 11 is 5.90. The van der Waals surface area contributed by atoms with Crippen molar-refractivity contribution in [2.45, 2.75) is 13.3 Å². The molecule has 2 heterocycles. The highest BCUT2D eigenvalue weighted by atomic mass is 35.5. The van der Waals surface area contributed by atoms with E-state index in [0.29, 0.717) is 28.7 Å². The van der Waals surface area contributed by atoms with Crippen LogP contribution in [0.4, 0.5) is 5.69 Å². The van der Waals surface area contributed by atoms with E-state index in [-0.39, 0.29) is 5.91 Å². The molecule has 0 bridgehead atoms. The molecule has 0 saturated carbocycles. The van der Waals surface area contributed by atoms with Crippen LogP contribution in [0, 0.1) is 0 Å². The van der Waals surface area contributed by atoms with E-state index in [1.807, 2.05) is 6.92 Å². The molecule has 0 saturated heterocycles. The minimum absolute atomic E-state index is 0.254. The molecule has 0 aliphatic rings. The molecule has 6 heteroatoms.